The van der Waals surface area contributed by atoms with Crippen LogP contribution in [-0.4, -0.2) is 44.0 Å². The molecule has 90 valence electrons. The maximum atomic E-state index is 4.64. The van der Waals surface area contributed by atoms with Gasteiger partial charge in [-0.05, 0) is 24.4 Å². The molecule has 1 aromatic carbocycles. The lowest BCUT2D eigenvalue weighted by Crippen LogP contribution is -2.25. The van der Waals surface area contributed by atoms with Crippen LogP contribution >= 0.6 is 0 Å². The first-order chi connectivity index (χ1) is 8.36. The molecule has 1 unspecified atom stereocenters. The van der Waals surface area contributed by atoms with E-state index in [0.717, 1.165) is 26.2 Å². The van der Waals surface area contributed by atoms with Crippen molar-refractivity contribution in [1.29, 1.82) is 0 Å². The van der Waals surface area contributed by atoms with E-state index in [-0.39, 0.29) is 0 Å². The molecule has 1 atom stereocenters. The molecule has 0 bridgehead atoms. The molecule has 17 heavy (non-hydrogen) atoms. The normalized spacial score (nSPS) is 24.2. The van der Waals surface area contributed by atoms with Gasteiger partial charge in [0.2, 0.25) is 0 Å². The summed E-state index contributed by atoms with van der Waals surface area (Å²) in [6, 6.07) is 8.75. The van der Waals surface area contributed by atoms with Crippen molar-refractivity contribution in [3.63, 3.8) is 0 Å². The highest BCUT2D eigenvalue weighted by Crippen LogP contribution is 2.27. The predicted molar refractivity (Wildman–Crippen MR) is 70.7 cm³/mol. The molecule has 2 heterocycles. The first kappa shape index (κ1) is 10.8. The first-order valence-corrected chi connectivity index (χ1v) is 6.42. The lowest BCUT2D eigenvalue weighted by molar-refractivity contribution is 0.556. The third-order valence-corrected chi connectivity index (χ3v) is 3.76. The Morgan fingerprint density at radius 1 is 1.35 bits per heavy atom. The van der Waals surface area contributed by atoms with Crippen LogP contribution in [0.4, 0.5) is 0 Å². The van der Waals surface area contributed by atoms with Crippen LogP contribution in [0, 0.1) is 0 Å². The minimum absolute atomic E-state index is 0.655. The van der Waals surface area contributed by atoms with E-state index in [1.807, 2.05) is 0 Å². The fourth-order valence-electron chi connectivity index (χ4n) is 2.80. The highest BCUT2D eigenvalue weighted by molar-refractivity contribution is 6.01. The number of hydrogen-bond acceptors (Lipinski definition) is 3. The van der Waals surface area contributed by atoms with Crippen molar-refractivity contribution >= 4 is 5.84 Å². The van der Waals surface area contributed by atoms with Crippen LogP contribution in [0.2, 0.25) is 0 Å². The van der Waals surface area contributed by atoms with Crippen molar-refractivity contribution < 1.29 is 0 Å². The van der Waals surface area contributed by atoms with E-state index < -0.39 is 0 Å². The van der Waals surface area contributed by atoms with Gasteiger partial charge in [0.05, 0.1) is 6.54 Å². The maximum absolute atomic E-state index is 4.64. The highest BCUT2D eigenvalue weighted by Gasteiger charge is 2.23. The van der Waals surface area contributed by atoms with Gasteiger partial charge in [-0.1, -0.05) is 24.3 Å². The van der Waals surface area contributed by atoms with Crippen LogP contribution in [0.15, 0.2) is 29.3 Å². The fraction of sp³-hybridized carbons (Fsp3) is 0.500. The summed E-state index contributed by atoms with van der Waals surface area (Å²) in [7, 11) is 2.13. The maximum Gasteiger partial charge on any atom is 0.131 e. The molecule has 3 rings (SSSR count). The number of nitrogens with zero attached hydrogens (tertiary/aromatic N) is 2. The molecule has 1 fully saturated rings. The number of aliphatic imine (C=N–C) groups is 1. The first-order valence-electron chi connectivity index (χ1n) is 6.42. The monoisotopic (exact) mass is 229 g/mol. The Morgan fingerprint density at radius 2 is 2.24 bits per heavy atom. The number of amidine groups is 1. The van der Waals surface area contributed by atoms with Crippen molar-refractivity contribution in [2.24, 2.45) is 4.99 Å². The van der Waals surface area contributed by atoms with E-state index in [0.29, 0.717) is 5.92 Å². The van der Waals surface area contributed by atoms with Crippen LogP contribution in [0.5, 0.6) is 0 Å². The van der Waals surface area contributed by atoms with Crippen molar-refractivity contribution in [2.75, 3.05) is 33.2 Å². The molecule has 3 nitrogen and oxygen atoms in total. The smallest absolute Gasteiger partial charge is 0.131 e. The zero-order chi connectivity index (χ0) is 11.7. The van der Waals surface area contributed by atoms with Gasteiger partial charge in [-0.15, -0.1) is 0 Å². The fourth-order valence-corrected chi connectivity index (χ4v) is 2.80. The molecule has 1 aromatic rings. The molecule has 0 spiro atoms. The van der Waals surface area contributed by atoms with Gasteiger partial charge in [-0.3, -0.25) is 4.99 Å². The van der Waals surface area contributed by atoms with E-state index >= 15 is 0 Å². The van der Waals surface area contributed by atoms with Gasteiger partial charge in [0.15, 0.2) is 0 Å². The quantitative estimate of drug-likeness (QED) is 0.831. The Morgan fingerprint density at radius 3 is 2.94 bits per heavy atom. The SMILES string of the molecule is CN1CCN=C1c1ccccc1C1CCNC1. The van der Waals surface area contributed by atoms with E-state index in [2.05, 4.69) is 46.5 Å². The zero-order valence-corrected chi connectivity index (χ0v) is 10.3. The molecule has 1 saturated heterocycles. The van der Waals surface area contributed by atoms with Crippen molar-refractivity contribution in [3.05, 3.63) is 35.4 Å². The Balaban J connectivity index is 1.98. The van der Waals surface area contributed by atoms with E-state index in [1.54, 1.807) is 0 Å². The number of nitrogens with one attached hydrogen (secondary N) is 1. The molecular formula is C14H19N3. The van der Waals surface area contributed by atoms with E-state index in [4.69, 9.17) is 0 Å². The van der Waals surface area contributed by atoms with Crippen LogP contribution in [0.1, 0.15) is 23.5 Å². The second-order valence-electron chi connectivity index (χ2n) is 4.90. The minimum atomic E-state index is 0.655. The van der Waals surface area contributed by atoms with Crippen LogP contribution in [0.25, 0.3) is 0 Å². The van der Waals surface area contributed by atoms with Crippen molar-refractivity contribution in [2.45, 2.75) is 12.3 Å². The number of likely N-dealkylation sites (N-methyl/N-ethyl adjacent to an activating group) is 1. The van der Waals surface area contributed by atoms with Gasteiger partial charge in [0.1, 0.15) is 5.84 Å². The highest BCUT2D eigenvalue weighted by atomic mass is 15.2. The Bertz CT molecular complexity index is 433. The van der Waals surface area contributed by atoms with Gasteiger partial charge in [-0.25, -0.2) is 0 Å². The molecular weight excluding hydrogens is 210 g/mol. The summed E-state index contributed by atoms with van der Waals surface area (Å²) in [6.45, 7) is 4.23. The van der Waals surface area contributed by atoms with Gasteiger partial charge < -0.3 is 10.2 Å². The average Bonchev–Trinajstić information content (AvgIpc) is 3.00. The van der Waals surface area contributed by atoms with E-state index in [9.17, 15) is 0 Å². The van der Waals surface area contributed by atoms with Crippen molar-refractivity contribution in [3.8, 4) is 0 Å². The number of benzene rings is 1. The summed E-state index contributed by atoms with van der Waals surface area (Å²) in [5, 5.41) is 3.45. The summed E-state index contributed by atoms with van der Waals surface area (Å²) < 4.78 is 0. The Labute approximate surface area is 103 Å². The third kappa shape index (κ3) is 1.95. The Hall–Kier alpha value is -1.35. The molecule has 0 aromatic heterocycles. The largest absolute Gasteiger partial charge is 0.358 e. The second kappa shape index (κ2) is 4.49. The summed E-state index contributed by atoms with van der Waals surface area (Å²) in [6.07, 6.45) is 1.24. The summed E-state index contributed by atoms with van der Waals surface area (Å²) in [4.78, 5) is 6.91. The van der Waals surface area contributed by atoms with Gasteiger partial charge >= 0.3 is 0 Å². The molecule has 1 N–H and O–H groups in total. The molecule has 2 aliphatic heterocycles. The lowest BCUT2D eigenvalue weighted by Gasteiger charge is -2.19. The van der Waals surface area contributed by atoms with Crippen molar-refractivity contribution in [1.82, 2.24) is 10.2 Å². The average molecular weight is 229 g/mol. The van der Waals surface area contributed by atoms with Gasteiger partial charge in [0.25, 0.3) is 0 Å². The summed E-state index contributed by atoms with van der Waals surface area (Å²) >= 11 is 0. The zero-order valence-electron chi connectivity index (χ0n) is 10.3. The molecule has 0 radical (unpaired) electrons. The number of hydrogen-bond donors (Lipinski definition) is 1. The Kier molecular flexibility index (Phi) is 2.85. The summed E-state index contributed by atoms with van der Waals surface area (Å²) in [5.41, 5.74) is 2.80. The van der Waals surface area contributed by atoms with Crippen LogP contribution in [-0.2, 0) is 0 Å². The topological polar surface area (TPSA) is 27.6 Å². The standard InChI is InChI=1S/C14H19N3/c1-17-9-8-16-14(17)13-5-3-2-4-12(13)11-6-7-15-10-11/h2-5,11,15H,6-10H2,1H3. The molecule has 0 amide bonds. The predicted octanol–water partition coefficient (Wildman–Crippen LogP) is 1.46. The van der Waals surface area contributed by atoms with Gasteiger partial charge in [-0.2, -0.15) is 0 Å². The molecule has 2 aliphatic rings. The lowest BCUT2D eigenvalue weighted by atomic mass is 9.93. The van der Waals surface area contributed by atoms with Crippen LogP contribution < -0.4 is 5.32 Å². The summed E-state index contributed by atoms with van der Waals surface area (Å²) in [5.74, 6) is 1.83. The second-order valence-corrected chi connectivity index (χ2v) is 4.90. The molecule has 0 saturated carbocycles. The molecule has 3 heteroatoms. The van der Waals surface area contributed by atoms with E-state index in [1.165, 1.54) is 23.4 Å². The van der Waals surface area contributed by atoms with Crippen LogP contribution in [0.3, 0.4) is 0 Å². The third-order valence-electron chi connectivity index (χ3n) is 3.76. The van der Waals surface area contributed by atoms with Gasteiger partial charge in [0, 0.05) is 25.7 Å². The number of rotatable bonds is 2. The minimum Gasteiger partial charge on any atom is -0.358 e. The molecule has 0 aliphatic carbocycles.